The number of primary sulfonamides is 1. The van der Waals surface area contributed by atoms with E-state index in [0.717, 1.165) is 12.1 Å². The highest BCUT2D eigenvalue weighted by molar-refractivity contribution is 7.89. The molecule has 1 aromatic carbocycles. The molecular weight excluding hydrogens is 285 g/mol. The minimum atomic E-state index is -4.01. The highest BCUT2D eigenvalue weighted by Gasteiger charge is 2.18. The van der Waals surface area contributed by atoms with Gasteiger partial charge in [0.05, 0.1) is 15.6 Å². The van der Waals surface area contributed by atoms with Crippen LogP contribution in [0, 0.1) is 0 Å². The van der Waals surface area contributed by atoms with Crippen LogP contribution >= 0.6 is 34.8 Å². The van der Waals surface area contributed by atoms with Gasteiger partial charge in [-0.05, 0) is 23.7 Å². The molecule has 0 aliphatic rings. The van der Waals surface area contributed by atoms with Gasteiger partial charge in [0.1, 0.15) is 4.90 Å². The van der Waals surface area contributed by atoms with Gasteiger partial charge in [0.25, 0.3) is 5.24 Å². The van der Waals surface area contributed by atoms with Crippen molar-refractivity contribution in [3.05, 3.63) is 27.7 Å². The quantitative estimate of drug-likeness (QED) is 0.846. The van der Waals surface area contributed by atoms with Crippen molar-refractivity contribution >= 4 is 50.1 Å². The Hall–Kier alpha value is -0.330. The van der Waals surface area contributed by atoms with Crippen LogP contribution in [-0.2, 0) is 10.0 Å². The van der Waals surface area contributed by atoms with Crippen molar-refractivity contribution in [2.75, 3.05) is 0 Å². The second kappa shape index (κ2) is 4.27. The van der Waals surface area contributed by atoms with Crippen molar-refractivity contribution in [2.24, 2.45) is 5.14 Å². The van der Waals surface area contributed by atoms with Crippen LogP contribution in [0.25, 0.3) is 0 Å². The molecule has 0 bridgehead atoms. The summed E-state index contributed by atoms with van der Waals surface area (Å²) < 4.78 is 22.1. The molecule has 0 amide bonds. The Morgan fingerprint density at radius 2 is 1.73 bits per heavy atom. The molecule has 1 aromatic rings. The zero-order valence-corrected chi connectivity index (χ0v) is 10.1. The summed E-state index contributed by atoms with van der Waals surface area (Å²) >= 11 is 16.4. The standard InChI is InChI=1S/C7H4Cl3NO3S/c8-4-2-5(9)6(15(11,13)14)1-3(4)7(10)12/h1-2H,(H2,11,13,14). The number of sulfonamides is 1. The average Bonchev–Trinajstić information content (AvgIpc) is 2.00. The Balaban J connectivity index is 3.58. The van der Waals surface area contributed by atoms with Crippen LogP contribution in [0.2, 0.25) is 10.0 Å². The summed E-state index contributed by atoms with van der Waals surface area (Å²) in [6.07, 6.45) is 0. The summed E-state index contributed by atoms with van der Waals surface area (Å²) in [5.74, 6) is 0. The Labute approximate surface area is 101 Å². The first kappa shape index (κ1) is 12.7. The lowest BCUT2D eigenvalue weighted by Gasteiger charge is -2.04. The van der Waals surface area contributed by atoms with Crippen LogP contribution < -0.4 is 5.14 Å². The third-order valence-corrected chi connectivity index (χ3v) is 3.43. The molecule has 0 fully saturated rings. The average molecular weight is 289 g/mol. The van der Waals surface area contributed by atoms with E-state index in [9.17, 15) is 13.2 Å². The molecule has 8 heteroatoms. The highest BCUT2D eigenvalue weighted by atomic mass is 35.5. The summed E-state index contributed by atoms with van der Waals surface area (Å²) in [5, 5.41) is 3.78. The van der Waals surface area contributed by atoms with Crippen molar-refractivity contribution in [1.82, 2.24) is 0 Å². The molecule has 0 aromatic heterocycles. The monoisotopic (exact) mass is 287 g/mol. The maximum absolute atomic E-state index is 11.0. The van der Waals surface area contributed by atoms with Gasteiger partial charge in [0.2, 0.25) is 10.0 Å². The molecule has 0 saturated carbocycles. The molecule has 0 saturated heterocycles. The lowest BCUT2D eigenvalue weighted by molar-refractivity contribution is 0.108. The fraction of sp³-hybridized carbons (Fsp3) is 0. The SMILES string of the molecule is NS(=O)(=O)c1cc(C(=O)Cl)c(Cl)cc1Cl. The third kappa shape index (κ3) is 2.83. The first-order chi connectivity index (χ1) is 6.73. The predicted octanol–water partition coefficient (Wildman–Crippen LogP) is 2.02. The number of hydrogen-bond donors (Lipinski definition) is 1. The second-order valence-corrected chi connectivity index (χ2v) is 5.27. The molecule has 0 unspecified atom stereocenters. The minimum absolute atomic E-state index is 0.0348. The number of rotatable bonds is 2. The van der Waals surface area contributed by atoms with Gasteiger partial charge in [-0.1, -0.05) is 23.2 Å². The number of hydrogen-bond acceptors (Lipinski definition) is 3. The van der Waals surface area contributed by atoms with E-state index in [-0.39, 0.29) is 15.6 Å². The van der Waals surface area contributed by atoms with Gasteiger partial charge in [-0.25, -0.2) is 13.6 Å². The number of halogens is 3. The van der Waals surface area contributed by atoms with E-state index >= 15 is 0 Å². The first-order valence-corrected chi connectivity index (χ1v) is 6.13. The van der Waals surface area contributed by atoms with Gasteiger partial charge >= 0.3 is 0 Å². The summed E-state index contributed by atoms with van der Waals surface area (Å²) in [4.78, 5) is 10.5. The Morgan fingerprint density at radius 3 is 2.13 bits per heavy atom. The second-order valence-electron chi connectivity index (χ2n) is 2.58. The molecule has 15 heavy (non-hydrogen) atoms. The van der Waals surface area contributed by atoms with Crippen LogP contribution in [0.15, 0.2) is 17.0 Å². The van der Waals surface area contributed by atoms with Crippen LogP contribution in [0.4, 0.5) is 0 Å². The van der Waals surface area contributed by atoms with Crippen molar-refractivity contribution < 1.29 is 13.2 Å². The smallest absolute Gasteiger partial charge is 0.253 e. The van der Waals surface area contributed by atoms with E-state index in [4.69, 9.17) is 39.9 Å². The molecule has 0 aliphatic carbocycles. The number of carbonyl (C=O) groups excluding carboxylic acids is 1. The van der Waals surface area contributed by atoms with Crippen molar-refractivity contribution in [3.8, 4) is 0 Å². The topological polar surface area (TPSA) is 77.2 Å². The molecule has 1 rings (SSSR count). The Bertz CT molecular complexity index is 527. The van der Waals surface area contributed by atoms with Crippen LogP contribution in [0.5, 0.6) is 0 Å². The van der Waals surface area contributed by atoms with Gasteiger partial charge in [-0.15, -0.1) is 0 Å². The molecule has 4 nitrogen and oxygen atoms in total. The minimum Gasteiger partial charge on any atom is -0.276 e. The highest BCUT2D eigenvalue weighted by Crippen LogP contribution is 2.28. The summed E-state index contributed by atoms with van der Waals surface area (Å²) in [7, 11) is -4.01. The fourth-order valence-corrected chi connectivity index (χ4v) is 2.51. The molecule has 0 spiro atoms. The summed E-state index contributed by atoms with van der Waals surface area (Å²) in [5.41, 5.74) is -0.160. The van der Waals surface area contributed by atoms with Crippen LogP contribution in [-0.4, -0.2) is 13.7 Å². The summed E-state index contributed by atoms with van der Waals surface area (Å²) in [6, 6.07) is 2.04. The van der Waals surface area contributed by atoms with Crippen molar-refractivity contribution in [2.45, 2.75) is 4.90 Å². The van der Waals surface area contributed by atoms with Crippen molar-refractivity contribution in [3.63, 3.8) is 0 Å². The fourth-order valence-electron chi connectivity index (χ4n) is 0.898. The van der Waals surface area contributed by atoms with Crippen molar-refractivity contribution in [1.29, 1.82) is 0 Å². The molecular formula is C7H4Cl3NO3S. The lowest BCUT2D eigenvalue weighted by atomic mass is 10.2. The van der Waals surface area contributed by atoms with E-state index in [1.54, 1.807) is 0 Å². The largest absolute Gasteiger partial charge is 0.276 e. The van der Waals surface area contributed by atoms with E-state index in [0.29, 0.717) is 0 Å². The van der Waals surface area contributed by atoms with E-state index in [1.807, 2.05) is 0 Å². The van der Waals surface area contributed by atoms with Gasteiger partial charge in [-0.2, -0.15) is 0 Å². The molecule has 0 atom stereocenters. The molecule has 0 aliphatic heterocycles. The molecule has 2 N–H and O–H groups in total. The number of benzene rings is 1. The maximum atomic E-state index is 11.0. The maximum Gasteiger partial charge on any atom is 0.253 e. The predicted molar refractivity (Wildman–Crippen MR) is 58.0 cm³/mol. The van der Waals surface area contributed by atoms with Gasteiger partial charge in [0.15, 0.2) is 0 Å². The lowest BCUT2D eigenvalue weighted by Crippen LogP contribution is -2.13. The number of nitrogens with two attached hydrogens (primary N) is 1. The third-order valence-electron chi connectivity index (χ3n) is 1.54. The molecule has 0 heterocycles. The van der Waals surface area contributed by atoms with Gasteiger partial charge in [0, 0.05) is 0 Å². The molecule has 82 valence electrons. The van der Waals surface area contributed by atoms with Crippen LogP contribution in [0.3, 0.4) is 0 Å². The van der Waals surface area contributed by atoms with E-state index < -0.39 is 20.2 Å². The molecule has 0 radical (unpaired) electrons. The van der Waals surface area contributed by atoms with Gasteiger partial charge < -0.3 is 0 Å². The Morgan fingerprint density at radius 1 is 1.20 bits per heavy atom. The van der Waals surface area contributed by atoms with E-state index in [1.165, 1.54) is 0 Å². The number of carbonyl (C=O) groups is 1. The summed E-state index contributed by atoms with van der Waals surface area (Å²) in [6.45, 7) is 0. The Kier molecular flexibility index (Phi) is 3.63. The van der Waals surface area contributed by atoms with Gasteiger partial charge in [-0.3, -0.25) is 4.79 Å². The van der Waals surface area contributed by atoms with Crippen LogP contribution in [0.1, 0.15) is 10.4 Å². The normalized spacial score (nSPS) is 11.5. The first-order valence-electron chi connectivity index (χ1n) is 3.45. The zero-order chi connectivity index (χ0) is 11.8. The zero-order valence-electron chi connectivity index (χ0n) is 7.00. The van der Waals surface area contributed by atoms with E-state index in [2.05, 4.69) is 0 Å².